The van der Waals surface area contributed by atoms with Gasteiger partial charge in [-0.05, 0) is 11.8 Å². The first-order valence-corrected chi connectivity index (χ1v) is 6.29. The third kappa shape index (κ3) is 5.58. The SMILES string of the molecule is CC[C@H](C)[C@H](NC(=O)C(NC(N)=O)C(C)C)C(=O)O. The standard InChI is InChI=1S/C12H23N3O4/c1-5-7(4)9(11(17)18)14-10(16)8(6(2)3)15-12(13)19/h6-9H,5H2,1-4H3,(H,14,16)(H,17,18)(H3,13,15,19)/t7-,8?,9-/m0/s1. The average molecular weight is 273 g/mol. The molecule has 0 radical (unpaired) electrons. The number of rotatable bonds is 7. The number of urea groups is 1. The number of carbonyl (C=O) groups is 3. The maximum atomic E-state index is 12.0. The van der Waals surface area contributed by atoms with Gasteiger partial charge in [-0.2, -0.15) is 0 Å². The molecule has 5 N–H and O–H groups in total. The summed E-state index contributed by atoms with van der Waals surface area (Å²) in [5.41, 5.74) is 5.00. The lowest BCUT2D eigenvalue weighted by Crippen LogP contribution is -2.56. The van der Waals surface area contributed by atoms with Crippen LogP contribution in [0.15, 0.2) is 0 Å². The molecule has 3 atom stereocenters. The van der Waals surface area contributed by atoms with Gasteiger partial charge in [0.1, 0.15) is 12.1 Å². The summed E-state index contributed by atoms with van der Waals surface area (Å²) >= 11 is 0. The molecular formula is C12H23N3O4. The van der Waals surface area contributed by atoms with Crippen LogP contribution >= 0.6 is 0 Å². The van der Waals surface area contributed by atoms with Gasteiger partial charge < -0.3 is 21.5 Å². The number of aliphatic carboxylic acids is 1. The molecular weight excluding hydrogens is 250 g/mol. The minimum atomic E-state index is -1.09. The molecule has 0 aromatic rings. The van der Waals surface area contributed by atoms with E-state index in [2.05, 4.69) is 10.6 Å². The molecule has 19 heavy (non-hydrogen) atoms. The number of carboxylic acids is 1. The summed E-state index contributed by atoms with van der Waals surface area (Å²) in [6.45, 7) is 7.05. The topological polar surface area (TPSA) is 122 Å². The van der Waals surface area contributed by atoms with E-state index in [0.29, 0.717) is 6.42 Å². The van der Waals surface area contributed by atoms with E-state index in [1.807, 2.05) is 6.92 Å². The van der Waals surface area contributed by atoms with Crippen molar-refractivity contribution < 1.29 is 19.5 Å². The van der Waals surface area contributed by atoms with Gasteiger partial charge in [-0.3, -0.25) is 4.79 Å². The van der Waals surface area contributed by atoms with Crippen molar-refractivity contribution in [1.82, 2.24) is 10.6 Å². The summed E-state index contributed by atoms with van der Waals surface area (Å²) < 4.78 is 0. The minimum absolute atomic E-state index is 0.195. The van der Waals surface area contributed by atoms with Crippen LogP contribution in [0.4, 0.5) is 4.79 Å². The van der Waals surface area contributed by atoms with Gasteiger partial charge in [-0.15, -0.1) is 0 Å². The molecule has 1 unspecified atom stereocenters. The predicted octanol–water partition coefficient (Wildman–Crippen LogP) is 0.295. The van der Waals surface area contributed by atoms with Gasteiger partial charge in [0.25, 0.3) is 0 Å². The second-order valence-corrected chi connectivity index (χ2v) is 4.94. The van der Waals surface area contributed by atoms with E-state index in [0.717, 1.165) is 0 Å². The zero-order valence-electron chi connectivity index (χ0n) is 11.8. The van der Waals surface area contributed by atoms with Gasteiger partial charge in [0.05, 0.1) is 0 Å². The summed E-state index contributed by atoms with van der Waals surface area (Å²) in [4.78, 5) is 34.0. The van der Waals surface area contributed by atoms with Gasteiger partial charge in [-0.1, -0.05) is 34.1 Å². The van der Waals surface area contributed by atoms with Crippen LogP contribution in [0.2, 0.25) is 0 Å². The van der Waals surface area contributed by atoms with Crippen molar-refractivity contribution in [2.75, 3.05) is 0 Å². The van der Waals surface area contributed by atoms with Crippen LogP contribution in [-0.4, -0.2) is 35.1 Å². The van der Waals surface area contributed by atoms with Crippen LogP contribution in [0.3, 0.4) is 0 Å². The molecule has 7 nitrogen and oxygen atoms in total. The fourth-order valence-electron chi connectivity index (χ4n) is 1.61. The van der Waals surface area contributed by atoms with Crippen LogP contribution in [0, 0.1) is 11.8 Å². The maximum absolute atomic E-state index is 12.0. The highest BCUT2D eigenvalue weighted by molar-refractivity contribution is 5.90. The third-order valence-corrected chi connectivity index (χ3v) is 3.02. The molecule has 0 rings (SSSR count). The van der Waals surface area contributed by atoms with E-state index in [1.165, 1.54) is 0 Å². The van der Waals surface area contributed by atoms with Crippen LogP contribution in [0.5, 0.6) is 0 Å². The Morgan fingerprint density at radius 1 is 1.11 bits per heavy atom. The first-order chi connectivity index (χ1) is 8.70. The Morgan fingerprint density at radius 3 is 1.95 bits per heavy atom. The fraction of sp³-hybridized carbons (Fsp3) is 0.750. The van der Waals surface area contributed by atoms with Gasteiger partial charge in [0, 0.05) is 0 Å². The first-order valence-electron chi connectivity index (χ1n) is 6.29. The first kappa shape index (κ1) is 17.2. The van der Waals surface area contributed by atoms with Crippen LogP contribution in [0.1, 0.15) is 34.1 Å². The van der Waals surface area contributed by atoms with Gasteiger partial charge >= 0.3 is 12.0 Å². The maximum Gasteiger partial charge on any atom is 0.326 e. The molecule has 0 spiro atoms. The Bertz CT molecular complexity index is 344. The Morgan fingerprint density at radius 2 is 1.63 bits per heavy atom. The second-order valence-electron chi connectivity index (χ2n) is 4.94. The summed E-state index contributed by atoms with van der Waals surface area (Å²) in [5.74, 6) is -2.03. The number of carboxylic acid groups (broad SMARTS) is 1. The van der Waals surface area contributed by atoms with Gasteiger partial charge in [0.2, 0.25) is 5.91 Å². The van der Waals surface area contributed by atoms with E-state index < -0.39 is 30.0 Å². The van der Waals surface area contributed by atoms with Crippen molar-refractivity contribution in [3.05, 3.63) is 0 Å². The highest BCUT2D eigenvalue weighted by Gasteiger charge is 2.30. The number of hydrogen-bond donors (Lipinski definition) is 4. The monoisotopic (exact) mass is 273 g/mol. The predicted molar refractivity (Wildman–Crippen MR) is 70.4 cm³/mol. The van der Waals surface area contributed by atoms with E-state index in [1.54, 1.807) is 20.8 Å². The number of nitrogens with two attached hydrogens (primary N) is 1. The molecule has 0 saturated heterocycles. The summed E-state index contributed by atoms with van der Waals surface area (Å²) in [6.07, 6.45) is 0.618. The molecule has 3 amide bonds. The number of nitrogens with one attached hydrogen (secondary N) is 2. The molecule has 0 heterocycles. The molecule has 110 valence electrons. The Labute approximate surface area is 112 Å². The lowest BCUT2D eigenvalue weighted by Gasteiger charge is -2.25. The van der Waals surface area contributed by atoms with Crippen molar-refractivity contribution in [1.29, 1.82) is 0 Å². The van der Waals surface area contributed by atoms with Gasteiger partial charge in [0.15, 0.2) is 0 Å². The molecule has 0 saturated carbocycles. The highest BCUT2D eigenvalue weighted by atomic mass is 16.4. The molecule has 0 aliphatic carbocycles. The molecule has 0 aliphatic rings. The van der Waals surface area contributed by atoms with Crippen molar-refractivity contribution >= 4 is 17.9 Å². The Hall–Kier alpha value is -1.79. The van der Waals surface area contributed by atoms with Crippen LogP contribution in [0.25, 0.3) is 0 Å². The summed E-state index contributed by atoms with van der Waals surface area (Å²) in [7, 11) is 0. The fourth-order valence-corrected chi connectivity index (χ4v) is 1.61. The number of primary amides is 1. The third-order valence-electron chi connectivity index (χ3n) is 3.02. The zero-order valence-corrected chi connectivity index (χ0v) is 11.8. The largest absolute Gasteiger partial charge is 0.480 e. The van der Waals surface area contributed by atoms with Crippen molar-refractivity contribution in [3.63, 3.8) is 0 Å². The molecule has 0 aliphatic heterocycles. The Balaban J connectivity index is 4.85. The van der Waals surface area contributed by atoms with Crippen LogP contribution < -0.4 is 16.4 Å². The second kappa shape index (κ2) is 7.60. The molecule has 0 bridgehead atoms. The van der Waals surface area contributed by atoms with E-state index in [-0.39, 0.29) is 11.8 Å². The van der Waals surface area contributed by atoms with Gasteiger partial charge in [-0.25, -0.2) is 9.59 Å². The Kier molecular flexibility index (Phi) is 6.89. The summed E-state index contributed by atoms with van der Waals surface area (Å²) in [5, 5.41) is 13.9. The number of amides is 3. The lowest BCUT2D eigenvalue weighted by atomic mass is 9.97. The molecule has 0 fully saturated rings. The van der Waals surface area contributed by atoms with Crippen LogP contribution in [-0.2, 0) is 9.59 Å². The normalized spacial score (nSPS) is 15.4. The minimum Gasteiger partial charge on any atom is -0.480 e. The molecule has 0 aromatic carbocycles. The smallest absolute Gasteiger partial charge is 0.326 e. The number of hydrogen-bond acceptors (Lipinski definition) is 3. The van der Waals surface area contributed by atoms with E-state index >= 15 is 0 Å². The number of carbonyl (C=O) groups excluding carboxylic acids is 2. The summed E-state index contributed by atoms with van der Waals surface area (Å²) in [6, 6.07) is -2.64. The molecule has 0 aromatic heterocycles. The quantitative estimate of drug-likeness (QED) is 0.532. The average Bonchev–Trinajstić information content (AvgIpc) is 2.30. The lowest BCUT2D eigenvalue weighted by molar-refractivity contribution is -0.143. The van der Waals surface area contributed by atoms with E-state index in [4.69, 9.17) is 10.8 Å². The molecule has 7 heteroatoms. The zero-order chi connectivity index (χ0) is 15.2. The van der Waals surface area contributed by atoms with Crippen molar-refractivity contribution in [3.8, 4) is 0 Å². The van der Waals surface area contributed by atoms with Crippen molar-refractivity contribution in [2.45, 2.75) is 46.2 Å². The van der Waals surface area contributed by atoms with E-state index in [9.17, 15) is 14.4 Å². The van der Waals surface area contributed by atoms with Crippen molar-refractivity contribution in [2.24, 2.45) is 17.6 Å². The highest BCUT2D eigenvalue weighted by Crippen LogP contribution is 2.09.